The van der Waals surface area contributed by atoms with Crippen molar-refractivity contribution in [1.29, 1.82) is 0 Å². The third-order valence-electron chi connectivity index (χ3n) is 3.86. The summed E-state index contributed by atoms with van der Waals surface area (Å²) >= 11 is 0. The minimum absolute atomic E-state index is 0.00888. The number of aliphatic hydroxyl groups is 1. The number of hydrogen-bond donors (Lipinski definition) is 1. The molecule has 3 nitrogen and oxygen atoms in total. The Morgan fingerprint density at radius 1 is 1.21 bits per heavy atom. The molecule has 0 amide bonds. The summed E-state index contributed by atoms with van der Waals surface area (Å²) in [6.07, 6.45) is 4.86. The van der Waals surface area contributed by atoms with Gasteiger partial charge < -0.3 is 5.11 Å². The third kappa shape index (κ3) is 3.74. The predicted molar refractivity (Wildman–Crippen MR) is 72.9 cm³/mol. The van der Waals surface area contributed by atoms with Gasteiger partial charge in [0.2, 0.25) is 0 Å². The number of aliphatic hydroxyl groups excluding tert-OH is 1. The molecule has 1 atom stereocenters. The van der Waals surface area contributed by atoms with Gasteiger partial charge >= 0.3 is 0 Å². The Hall–Kier alpha value is -1.48. The number of rotatable bonds is 5. The van der Waals surface area contributed by atoms with Crippen LogP contribution in [0.5, 0.6) is 0 Å². The maximum Gasteiger partial charge on any atom is 0.162 e. The van der Waals surface area contributed by atoms with Gasteiger partial charge in [-0.1, -0.05) is 30.7 Å². The van der Waals surface area contributed by atoms with E-state index < -0.39 is 0 Å². The van der Waals surface area contributed by atoms with E-state index in [0.29, 0.717) is 30.6 Å². The molecule has 0 aliphatic heterocycles. The lowest BCUT2D eigenvalue weighted by molar-refractivity contribution is -0.124. The highest BCUT2D eigenvalue weighted by molar-refractivity contribution is 5.96. The molecule has 1 aliphatic carbocycles. The predicted octanol–water partition coefficient (Wildman–Crippen LogP) is 2.90. The van der Waals surface area contributed by atoms with Gasteiger partial charge in [-0.15, -0.1) is 0 Å². The molecule has 0 heterocycles. The van der Waals surface area contributed by atoms with Gasteiger partial charge in [0.15, 0.2) is 5.78 Å². The Morgan fingerprint density at radius 2 is 1.95 bits per heavy atom. The van der Waals surface area contributed by atoms with Gasteiger partial charge in [-0.2, -0.15) is 0 Å². The zero-order chi connectivity index (χ0) is 13.7. The highest BCUT2D eigenvalue weighted by Crippen LogP contribution is 2.25. The molecule has 0 spiro atoms. The summed E-state index contributed by atoms with van der Waals surface area (Å²) in [5.41, 5.74) is 1.47. The molecule has 0 saturated heterocycles. The van der Waals surface area contributed by atoms with Gasteiger partial charge in [0.05, 0.1) is 6.61 Å². The molecule has 1 aliphatic rings. The van der Waals surface area contributed by atoms with E-state index in [-0.39, 0.29) is 18.3 Å². The summed E-state index contributed by atoms with van der Waals surface area (Å²) in [6.45, 7) is -0.00888. The number of ketones is 2. The average Bonchev–Trinajstić information content (AvgIpc) is 2.46. The second-order valence-corrected chi connectivity index (χ2v) is 5.23. The van der Waals surface area contributed by atoms with Crippen molar-refractivity contribution in [2.45, 2.75) is 45.1 Å². The molecule has 19 heavy (non-hydrogen) atoms. The topological polar surface area (TPSA) is 54.4 Å². The molecule has 0 radical (unpaired) electrons. The summed E-state index contributed by atoms with van der Waals surface area (Å²) in [5.74, 6) is 0.506. The van der Waals surface area contributed by atoms with E-state index in [4.69, 9.17) is 5.11 Å². The monoisotopic (exact) mass is 260 g/mol. The molecular weight excluding hydrogens is 240 g/mol. The molecule has 2 rings (SSSR count). The van der Waals surface area contributed by atoms with Crippen molar-refractivity contribution in [3.63, 3.8) is 0 Å². The molecule has 0 bridgehead atoms. The quantitative estimate of drug-likeness (QED) is 0.828. The van der Waals surface area contributed by atoms with Crippen molar-refractivity contribution in [3.8, 4) is 0 Å². The lowest BCUT2D eigenvalue weighted by atomic mass is 9.84. The van der Waals surface area contributed by atoms with Crippen LogP contribution in [-0.4, -0.2) is 16.7 Å². The lowest BCUT2D eigenvalue weighted by Crippen LogP contribution is -2.19. The summed E-state index contributed by atoms with van der Waals surface area (Å²) in [5, 5.41) is 8.95. The van der Waals surface area contributed by atoms with Crippen molar-refractivity contribution in [1.82, 2.24) is 0 Å². The first-order chi connectivity index (χ1) is 9.20. The van der Waals surface area contributed by atoms with E-state index in [1.165, 1.54) is 0 Å². The molecule has 1 aromatic rings. The fourth-order valence-corrected chi connectivity index (χ4v) is 2.61. The van der Waals surface area contributed by atoms with Gasteiger partial charge in [0.1, 0.15) is 5.78 Å². The summed E-state index contributed by atoms with van der Waals surface area (Å²) in [6, 6.07) is 7.02. The Morgan fingerprint density at radius 3 is 2.58 bits per heavy atom. The summed E-state index contributed by atoms with van der Waals surface area (Å²) < 4.78 is 0. The zero-order valence-corrected chi connectivity index (χ0v) is 11.1. The van der Waals surface area contributed by atoms with Gasteiger partial charge in [-0.25, -0.2) is 0 Å². The van der Waals surface area contributed by atoms with Crippen LogP contribution in [0.4, 0.5) is 0 Å². The van der Waals surface area contributed by atoms with E-state index in [1.54, 1.807) is 24.3 Å². The van der Waals surface area contributed by atoms with Gasteiger partial charge in [0.25, 0.3) is 0 Å². The lowest BCUT2D eigenvalue weighted by Gasteiger charge is -2.19. The van der Waals surface area contributed by atoms with Crippen LogP contribution in [0.1, 0.15) is 54.4 Å². The first-order valence-corrected chi connectivity index (χ1v) is 6.96. The Kier molecular flexibility index (Phi) is 4.86. The van der Waals surface area contributed by atoms with Crippen LogP contribution in [0.25, 0.3) is 0 Å². The van der Waals surface area contributed by atoms with Crippen LogP contribution < -0.4 is 0 Å². The number of Topliss-reactive ketones (excluding diaryl/α,β-unsaturated/α-hetero) is 2. The van der Waals surface area contributed by atoms with Crippen molar-refractivity contribution < 1.29 is 14.7 Å². The van der Waals surface area contributed by atoms with Gasteiger partial charge in [-0.05, 0) is 24.8 Å². The minimum atomic E-state index is -0.00888. The molecule has 1 saturated carbocycles. The maximum atomic E-state index is 12.0. The zero-order valence-electron chi connectivity index (χ0n) is 11.1. The number of carbonyl (C=O) groups excluding carboxylic acids is 2. The van der Waals surface area contributed by atoms with E-state index >= 15 is 0 Å². The van der Waals surface area contributed by atoms with E-state index in [2.05, 4.69) is 0 Å². The number of benzene rings is 1. The Labute approximate surface area is 113 Å². The second kappa shape index (κ2) is 6.62. The molecule has 1 N–H and O–H groups in total. The minimum Gasteiger partial charge on any atom is -0.392 e. The van der Waals surface area contributed by atoms with Crippen LogP contribution in [0, 0.1) is 5.92 Å². The number of carbonyl (C=O) groups is 2. The second-order valence-electron chi connectivity index (χ2n) is 5.23. The standard InChI is InChI=1S/C16H20O3/c17-11-12-5-7-14(8-6-12)16(19)10-9-13-3-1-2-4-15(13)18/h5-8,13,17H,1-4,9-11H2/t13-/m0/s1. The Balaban J connectivity index is 1.87. The van der Waals surface area contributed by atoms with Crippen molar-refractivity contribution in [2.24, 2.45) is 5.92 Å². The molecule has 1 aromatic carbocycles. The van der Waals surface area contributed by atoms with Crippen LogP contribution in [0.15, 0.2) is 24.3 Å². The third-order valence-corrected chi connectivity index (χ3v) is 3.86. The molecule has 102 valence electrons. The SMILES string of the molecule is O=C(CC[C@@H]1CCCCC1=O)c1ccc(CO)cc1. The smallest absolute Gasteiger partial charge is 0.162 e. The van der Waals surface area contributed by atoms with Gasteiger partial charge in [0, 0.05) is 24.3 Å². The highest BCUT2D eigenvalue weighted by Gasteiger charge is 2.22. The summed E-state index contributed by atoms with van der Waals surface area (Å²) in [4.78, 5) is 23.7. The first-order valence-electron chi connectivity index (χ1n) is 6.96. The largest absolute Gasteiger partial charge is 0.392 e. The molecular formula is C16H20O3. The van der Waals surface area contributed by atoms with Crippen LogP contribution >= 0.6 is 0 Å². The molecule has 0 unspecified atom stereocenters. The molecule has 3 heteroatoms. The van der Waals surface area contributed by atoms with E-state index in [9.17, 15) is 9.59 Å². The Bertz CT molecular complexity index is 448. The van der Waals surface area contributed by atoms with E-state index in [0.717, 1.165) is 24.8 Å². The highest BCUT2D eigenvalue weighted by atomic mass is 16.3. The van der Waals surface area contributed by atoms with Crippen LogP contribution in [-0.2, 0) is 11.4 Å². The molecule has 0 aromatic heterocycles. The van der Waals surface area contributed by atoms with Crippen molar-refractivity contribution in [2.75, 3.05) is 0 Å². The summed E-state index contributed by atoms with van der Waals surface area (Å²) in [7, 11) is 0. The maximum absolute atomic E-state index is 12.0. The van der Waals surface area contributed by atoms with Crippen LogP contribution in [0.3, 0.4) is 0 Å². The average molecular weight is 260 g/mol. The van der Waals surface area contributed by atoms with Crippen molar-refractivity contribution >= 4 is 11.6 Å². The van der Waals surface area contributed by atoms with Gasteiger partial charge in [-0.3, -0.25) is 9.59 Å². The van der Waals surface area contributed by atoms with Crippen LogP contribution in [0.2, 0.25) is 0 Å². The number of hydrogen-bond acceptors (Lipinski definition) is 3. The fourth-order valence-electron chi connectivity index (χ4n) is 2.61. The fraction of sp³-hybridized carbons (Fsp3) is 0.500. The van der Waals surface area contributed by atoms with Crippen molar-refractivity contribution in [3.05, 3.63) is 35.4 Å². The van der Waals surface area contributed by atoms with E-state index in [1.807, 2.05) is 0 Å². The normalized spacial score (nSPS) is 19.4. The first kappa shape index (κ1) is 13.9. The molecule has 1 fully saturated rings.